The van der Waals surface area contributed by atoms with Gasteiger partial charge >= 0.3 is 0 Å². The standard InChI is InChI=1S/C19H24F2N4OSi/c1-13-22-9-16(10-23-13)14-7-15-11-24-25(12-26-5-6-27(2,3)4)18(15)17(8-14)19(20)21/h7-11,19H,5-6,12H2,1-4H3. The van der Waals surface area contributed by atoms with Crippen LogP contribution in [-0.4, -0.2) is 34.4 Å². The molecule has 0 atom stereocenters. The molecule has 0 fully saturated rings. The summed E-state index contributed by atoms with van der Waals surface area (Å²) in [6.45, 7) is 9.37. The van der Waals surface area contributed by atoms with Crippen LogP contribution >= 0.6 is 0 Å². The van der Waals surface area contributed by atoms with E-state index in [2.05, 4.69) is 34.7 Å². The van der Waals surface area contributed by atoms with Crippen LogP contribution in [-0.2, 0) is 11.5 Å². The molecule has 0 N–H and O–H groups in total. The van der Waals surface area contributed by atoms with Gasteiger partial charge in [-0.05, 0) is 30.7 Å². The number of ether oxygens (including phenoxy) is 1. The van der Waals surface area contributed by atoms with Crippen LogP contribution in [0.4, 0.5) is 8.78 Å². The van der Waals surface area contributed by atoms with Crippen LogP contribution in [0, 0.1) is 6.92 Å². The van der Waals surface area contributed by atoms with Gasteiger partial charge in [0.15, 0.2) is 0 Å². The fraction of sp³-hybridized carbons (Fsp3) is 0.421. The highest BCUT2D eigenvalue weighted by Crippen LogP contribution is 2.33. The number of rotatable bonds is 7. The Morgan fingerprint density at radius 2 is 1.78 bits per heavy atom. The van der Waals surface area contributed by atoms with Gasteiger partial charge in [-0.3, -0.25) is 0 Å². The lowest BCUT2D eigenvalue weighted by molar-refractivity contribution is 0.0809. The van der Waals surface area contributed by atoms with Crippen molar-refractivity contribution in [2.24, 2.45) is 0 Å². The molecule has 8 heteroatoms. The number of alkyl halides is 2. The average Bonchev–Trinajstić information content (AvgIpc) is 3.00. The van der Waals surface area contributed by atoms with Crippen LogP contribution in [0.3, 0.4) is 0 Å². The predicted octanol–water partition coefficient (Wildman–Crippen LogP) is 5.05. The van der Waals surface area contributed by atoms with Crippen molar-refractivity contribution in [3.8, 4) is 11.1 Å². The zero-order valence-electron chi connectivity index (χ0n) is 16.0. The van der Waals surface area contributed by atoms with Crippen molar-refractivity contribution < 1.29 is 13.5 Å². The Morgan fingerprint density at radius 3 is 2.41 bits per heavy atom. The molecule has 0 aliphatic rings. The lowest BCUT2D eigenvalue weighted by atomic mass is 10.0. The maximum Gasteiger partial charge on any atom is 0.265 e. The molecule has 3 aromatic rings. The van der Waals surface area contributed by atoms with E-state index in [1.54, 1.807) is 25.5 Å². The van der Waals surface area contributed by atoms with E-state index >= 15 is 0 Å². The van der Waals surface area contributed by atoms with Gasteiger partial charge < -0.3 is 4.74 Å². The molecule has 3 rings (SSSR count). The van der Waals surface area contributed by atoms with Gasteiger partial charge in [-0.1, -0.05) is 19.6 Å². The van der Waals surface area contributed by atoms with E-state index in [0.717, 1.165) is 6.04 Å². The third-order valence-corrected chi connectivity index (χ3v) is 6.03. The first kappa shape index (κ1) is 19.6. The summed E-state index contributed by atoms with van der Waals surface area (Å²) in [6, 6.07) is 4.34. The van der Waals surface area contributed by atoms with Gasteiger partial charge in [-0.15, -0.1) is 0 Å². The zero-order valence-corrected chi connectivity index (χ0v) is 17.0. The number of fused-ring (bicyclic) bond motifs is 1. The summed E-state index contributed by atoms with van der Waals surface area (Å²) in [7, 11) is -1.20. The monoisotopic (exact) mass is 390 g/mol. The molecule has 1 aromatic carbocycles. The molecule has 0 unspecified atom stereocenters. The highest BCUT2D eigenvalue weighted by atomic mass is 28.3. The Bertz CT molecular complexity index is 920. The first-order valence-electron chi connectivity index (χ1n) is 8.89. The number of hydrogen-bond donors (Lipinski definition) is 0. The fourth-order valence-corrected chi connectivity index (χ4v) is 3.52. The van der Waals surface area contributed by atoms with Gasteiger partial charge in [0, 0.05) is 43.6 Å². The summed E-state index contributed by atoms with van der Waals surface area (Å²) in [4.78, 5) is 8.30. The van der Waals surface area contributed by atoms with Gasteiger partial charge in [0.05, 0.1) is 11.7 Å². The predicted molar refractivity (Wildman–Crippen MR) is 105 cm³/mol. The van der Waals surface area contributed by atoms with Crippen molar-refractivity contribution in [1.29, 1.82) is 0 Å². The Kier molecular flexibility index (Phi) is 5.66. The number of aryl methyl sites for hydroxylation is 1. The molecule has 0 saturated carbocycles. The fourth-order valence-electron chi connectivity index (χ4n) is 2.77. The summed E-state index contributed by atoms with van der Waals surface area (Å²) in [5.74, 6) is 0.636. The number of benzene rings is 1. The topological polar surface area (TPSA) is 52.8 Å². The molecule has 0 amide bonds. The van der Waals surface area contributed by atoms with Gasteiger partial charge in [-0.25, -0.2) is 23.4 Å². The minimum Gasteiger partial charge on any atom is -0.360 e. The van der Waals surface area contributed by atoms with Gasteiger partial charge in [0.25, 0.3) is 6.43 Å². The molecule has 0 bridgehead atoms. The lowest BCUT2D eigenvalue weighted by Crippen LogP contribution is -2.22. The average molecular weight is 391 g/mol. The minimum atomic E-state index is -2.61. The third kappa shape index (κ3) is 4.75. The highest BCUT2D eigenvalue weighted by molar-refractivity contribution is 6.76. The van der Waals surface area contributed by atoms with E-state index in [-0.39, 0.29) is 12.3 Å². The van der Waals surface area contributed by atoms with Crippen LogP contribution < -0.4 is 0 Å². The minimum absolute atomic E-state index is 0.0608. The number of nitrogens with zero attached hydrogens (tertiary/aromatic N) is 4. The molecule has 0 radical (unpaired) electrons. The molecule has 2 heterocycles. The molecule has 0 aliphatic carbocycles. The second-order valence-electron chi connectivity index (χ2n) is 7.82. The Hall–Kier alpha value is -2.19. The molecule has 0 aliphatic heterocycles. The van der Waals surface area contributed by atoms with Gasteiger partial charge in [-0.2, -0.15) is 5.10 Å². The van der Waals surface area contributed by atoms with Crippen LogP contribution in [0.5, 0.6) is 0 Å². The van der Waals surface area contributed by atoms with Crippen molar-refractivity contribution >= 4 is 19.0 Å². The number of halogens is 2. The highest BCUT2D eigenvalue weighted by Gasteiger charge is 2.19. The largest absolute Gasteiger partial charge is 0.360 e. The molecule has 144 valence electrons. The molecule has 27 heavy (non-hydrogen) atoms. The maximum absolute atomic E-state index is 13.8. The summed E-state index contributed by atoms with van der Waals surface area (Å²) < 4.78 is 34.7. The van der Waals surface area contributed by atoms with Crippen LogP contribution in [0.1, 0.15) is 17.8 Å². The molecular formula is C19H24F2N4OSi. The molecule has 0 saturated heterocycles. The second-order valence-corrected chi connectivity index (χ2v) is 13.4. The van der Waals surface area contributed by atoms with Crippen LogP contribution in [0.25, 0.3) is 22.0 Å². The zero-order chi connectivity index (χ0) is 19.6. The lowest BCUT2D eigenvalue weighted by Gasteiger charge is -2.16. The van der Waals surface area contributed by atoms with E-state index in [0.29, 0.717) is 34.5 Å². The molecule has 2 aromatic heterocycles. The van der Waals surface area contributed by atoms with E-state index in [9.17, 15) is 8.78 Å². The third-order valence-electron chi connectivity index (χ3n) is 4.32. The summed E-state index contributed by atoms with van der Waals surface area (Å²) in [5, 5.41) is 4.91. The first-order valence-corrected chi connectivity index (χ1v) is 12.6. The van der Waals surface area contributed by atoms with Crippen molar-refractivity contribution in [3.05, 3.63) is 42.1 Å². The smallest absolute Gasteiger partial charge is 0.265 e. The molecule has 0 spiro atoms. The van der Waals surface area contributed by atoms with E-state index in [1.807, 2.05) is 6.07 Å². The normalized spacial score (nSPS) is 12.3. The first-order chi connectivity index (χ1) is 12.7. The quantitative estimate of drug-likeness (QED) is 0.418. The molecule has 5 nitrogen and oxygen atoms in total. The van der Waals surface area contributed by atoms with Crippen molar-refractivity contribution in [2.75, 3.05) is 6.61 Å². The number of aromatic nitrogens is 4. The van der Waals surface area contributed by atoms with E-state index in [1.165, 1.54) is 10.7 Å². The van der Waals surface area contributed by atoms with Crippen LogP contribution in [0.15, 0.2) is 30.7 Å². The second kappa shape index (κ2) is 7.81. The van der Waals surface area contributed by atoms with Crippen LogP contribution in [0.2, 0.25) is 25.7 Å². The van der Waals surface area contributed by atoms with Gasteiger partial charge in [0.1, 0.15) is 12.6 Å². The van der Waals surface area contributed by atoms with E-state index in [4.69, 9.17) is 4.74 Å². The Morgan fingerprint density at radius 1 is 1.07 bits per heavy atom. The summed E-state index contributed by atoms with van der Waals surface area (Å²) >= 11 is 0. The molecular weight excluding hydrogens is 366 g/mol. The number of hydrogen-bond acceptors (Lipinski definition) is 4. The van der Waals surface area contributed by atoms with Crippen molar-refractivity contribution in [3.63, 3.8) is 0 Å². The SMILES string of the molecule is Cc1ncc(-c2cc(C(F)F)c3c(cnn3COCC[Si](C)(C)C)c2)cn1. The van der Waals surface area contributed by atoms with Gasteiger partial charge in [0.2, 0.25) is 0 Å². The Labute approximate surface area is 158 Å². The Balaban J connectivity index is 1.91. The maximum atomic E-state index is 13.8. The van der Waals surface area contributed by atoms with Crippen molar-refractivity contribution in [1.82, 2.24) is 19.7 Å². The summed E-state index contributed by atoms with van der Waals surface area (Å²) in [6.07, 6.45) is 2.27. The van der Waals surface area contributed by atoms with E-state index < -0.39 is 14.5 Å². The van der Waals surface area contributed by atoms with Crippen molar-refractivity contribution in [2.45, 2.75) is 45.8 Å². The summed E-state index contributed by atoms with van der Waals surface area (Å²) in [5.41, 5.74) is 1.70.